The van der Waals surface area contributed by atoms with Gasteiger partial charge >= 0.3 is 0 Å². The number of nitrogens with zero attached hydrogens (tertiary/aromatic N) is 3. The fourth-order valence-corrected chi connectivity index (χ4v) is 4.22. The van der Waals surface area contributed by atoms with E-state index in [1.807, 2.05) is 0 Å². The van der Waals surface area contributed by atoms with Crippen LogP contribution in [0.2, 0.25) is 0 Å². The lowest BCUT2D eigenvalue weighted by atomic mass is 10.0. The van der Waals surface area contributed by atoms with E-state index in [9.17, 15) is 18.0 Å². The molecule has 0 fully saturated rings. The van der Waals surface area contributed by atoms with Gasteiger partial charge in [0, 0.05) is 17.3 Å². The Kier molecular flexibility index (Phi) is 4.39. The Bertz CT molecular complexity index is 1040. The summed E-state index contributed by atoms with van der Waals surface area (Å²) in [6, 6.07) is 7.30. The third-order valence-electron chi connectivity index (χ3n) is 4.22. The summed E-state index contributed by atoms with van der Waals surface area (Å²) in [6.45, 7) is 1.71. The van der Waals surface area contributed by atoms with E-state index < -0.39 is 22.7 Å². The molecule has 3 aromatic rings. The third-order valence-corrected chi connectivity index (χ3v) is 5.47. The van der Waals surface area contributed by atoms with Gasteiger partial charge in [-0.3, -0.25) is 4.79 Å². The van der Waals surface area contributed by atoms with Crippen LogP contribution in [0.5, 0.6) is 0 Å². The Morgan fingerprint density at radius 3 is 2.74 bits per heavy atom. The molecule has 0 saturated carbocycles. The largest absolute Gasteiger partial charge is 0.310 e. The van der Waals surface area contributed by atoms with Gasteiger partial charge in [0.1, 0.15) is 5.82 Å². The lowest BCUT2D eigenvalue weighted by Gasteiger charge is -2.16. The molecule has 1 aliphatic rings. The van der Waals surface area contributed by atoms with Crippen molar-refractivity contribution in [3.8, 4) is 5.82 Å². The summed E-state index contributed by atoms with van der Waals surface area (Å²) in [5.74, 6) is -3.52. The van der Waals surface area contributed by atoms with Crippen molar-refractivity contribution < 1.29 is 18.0 Å². The van der Waals surface area contributed by atoms with Crippen LogP contribution in [0.4, 0.5) is 19.0 Å². The normalized spacial score (nSPS) is 16.6. The molecule has 1 atom stereocenters. The van der Waals surface area contributed by atoms with Crippen molar-refractivity contribution in [3.05, 3.63) is 70.8 Å². The van der Waals surface area contributed by atoms with Crippen LogP contribution in [-0.2, 0) is 4.79 Å². The van der Waals surface area contributed by atoms with Crippen LogP contribution < -0.4 is 5.32 Å². The number of amides is 1. The van der Waals surface area contributed by atoms with Gasteiger partial charge in [-0.05, 0) is 25.1 Å². The minimum atomic E-state index is -1.53. The molecule has 1 N–H and O–H groups in total. The predicted octanol–water partition coefficient (Wildman–Crippen LogP) is 3.77. The van der Waals surface area contributed by atoms with Gasteiger partial charge in [0.2, 0.25) is 5.91 Å². The molecular formula is C18H13F3N4OS. The molecule has 3 heterocycles. The van der Waals surface area contributed by atoms with Crippen molar-refractivity contribution in [1.82, 2.24) is 14.8 Å². The summed E-state index contributed by atoms with van der Waals surface area (Å²) in [5, 5.41) is 6.46. The highest BCUT2D eigenvalue weighted by atomic mass is 32.2. The second-order valence-corrected chi connectivity index (χ2v) is 7.04. The van der Waals surface area contributed by atoms with E-state index in [1.165, 1.54) is 10.7 Å². The number of benzene rings is 1. The molecule has 5 nitrogen and oxygen atoms in total. The zero-order valence-corrected chi connectivity index (χ0v) is 14.9. The number of hydrogen-bond acceptors (Lipinski definition) is 4. The second-order valence-electron chi connectivity index (χ2n) is 5.95. The Balaban J connectivity index is 1.93. The minimum absolute atomic E-state index is 0.0272. The molecule has 0 saturated heterocycles. The molecule has 9 heteroatoms. The number of fused-ring (bicyclic) bond motifs is 1. The first kappa shape index (κ1) is 17.6. The van der Waals surface area contributed by atoms with E-state index in [0.717, 1.165) is 17.8 Å². The highest BCUT2D eigenvalue weighted by molar-refractivity contribution is 8.00. The van der Waals surface area contributed by atoms with Crippen LogP contribution in [0.1, 0.15) is 22.1 Å². The maximum Gasteiger partial charge on any atom is 0.235 e. The quantitative estimate of drug-likeness (QED) is 0.677. The number of hydrogen-bond donors (Lipinski definition) is 1. The van der Waals surface area contributed by atoms with Gasteiger partial charge in [0.15, 0.2) is 23.3 Å². The first-order chi connectivity index (χ1) is 13.0. The third kappa shape index (κ3) is 2.97. The smallest absolute Gasteiger partial charge is 0.235 e. The first-order valence-electron chi connectivity index (χ1n) is 8.03. The minimum Gasteiger partial charge on any atom is -0.310 e. The highest BCUT2D eigenvalue weighted by Crippen LogP contribution is 2.44. The zero-order chi connectivity index (χ0) is 19.1. The molecule has 2 aromatic heterocycles. The number of anilines is 1. The average Bonchev–Trinajstić information content (AvgIpc) is 2.87. The second kappa shape index (κ2) is 6.73. The van der Waals surface area contributed by atoms with E-state index in [1.54, 1.807) is 31.3 Å². The molecule has 1 unspecified atom stereocenters. The summed E-state index contributed by atoms with van der Waals surface area (Å²) in [5.41, 5.74) is 1.02. The summed E-state index contributed by atoms with van der Waals surface area (Å²) >= 11 is 1.12. The van der Waals surface area contributed by atoms with Crippen LogP contribution in [0.15, 0.2) is 36.5 Å². The topological polar surface area (TPSA) is 59.8 Å². The van der Waals surface area contributed by atoms with Gasteiger partial charge in [-0.25, -0.2) is 18.2 Å². The highest BCUT2D eigenvalue weighted by Gasteiger charge is 2.33. The maximum absolute atomic E-state index is 14.5. The molecule has 0 bridgehead atoms. The fourth-order valence-electron chi connectivity index (χ4n) is 3.02. The summed E-state index contributed by atoms with van der Waals surface area (Å²) in [7, 11) is 0. The van der Waals surface area contributed by atoms with Crippen molar-refractivity contribution in [3.63, 3.8) is 0 Å². The number of carbonyl (C=O) groups excluding carboxylic acids is 1. The van der Waals surface area contributed by atoms with Gasteiger partial charge in [-0.15, -0.1) is 11.8 Å². The molecule has 1 amide bonds. The number of carbonyl (C=O) groups is 1. The fraction of sp³-hybridized carbons (Fsp3) is 0.167. The summed E-state index contributed by atoms with van der Waals surface area (Å²) in [6.07, 6.45) is 1.58. The predicted molar refractivity (Wildman–Crippen MR) is 95.3 cm³/mol. The number of pyridine rings is 1. The summed E-state index contributed by atoms with van der Waals surface area (Å²) < 4.78 is 43.1. The number of aromatic nitrogens is 3. The van der Waals surface area contributed by atoms with Crippen LogP contribution in [0, 0.1) is 24.4 Å². The van der Waals surface area contributed by atoms with E-state index in [-0.39, 0.29) is 17.2 Å². The van der Waals surface area contributed by atoms with Crippen molar-refractivity contribution in [1.29, 1.82) is 0 Å². The molecule has 0 radical (unpaired) electrons. The van der Waals surface area contributed by atoms with E-state index in [0.29, 0.717) is 22.9 Å². The van der Waals surface area contributed by atoms with Crippen molar-refractivity contribution in [2.45, 2.75) is 12.2 Å². The number of thioether (sulfide) groups is 1. The van der Waals surface area contributed by atoms with Gasteiger partial charge in [-0.1, -0.05) is 12.1 Å². The molecule has 1 aromatic carbocycles. The molecule has 1 aliphatic heterocycles. The van der Waals surface area contributed by atoms with Gasteiger partial charge in [0.05, 0.1) is 16.7 Å². The lowest BCUT2D eigenvalue weighted by molar-refractivity contribution is -0.113. The number of nitrogens with one attached hydrogen (secondary N) is 1. The molecule has 0 aliphatic carbocycles. The van der Waals surface area contributed by atoms with Crippen LogP contribution >= 0.6 is 11.8 Å². The Morgan fingerprint density at radius 1 is 1.19 bits per heavy atom. The van der Waals surface area contributed by atoms with Crippen molar-refractivity contribution >= 4 is 23.5 Å². The van der Waals surface area contributed by atoms with Crippen LogP contribution in [-0.4, -0.2) is 26.4 Å². The first-order valence-corrected chi connectivity index (χ1v) is 9.08. The van der Waals surface area contributed by atoms with Gasteiger partial charge in [-0.2, -0.15) is 9.78 Å². The molecular weight excluding hydrogens is 377 g/mol. The Hall–Kier alpha value is -2.81. The van der Waals surface area contributed by atoms with Crippen molar-refractivity contribution in [2.24, 2.45) is 0 Å². The van der Waals surface area contributed by atoms with Gasteiger partial charge < -0.3 is 5.32 Å². The Morgan fingerprint density at radius 2 is 2.00 bits per heavy atom. The standard InChI is InChI=1S/C18H13F3N4OS/c1-9-14-17(10-5-6-11(19)16(21)15(10)20)27-8-13(26)23-18(14)25(24-9)12-4-2-3-7-22-12/h2-7,17H,8H2,1H3,(H,23,26). The zero-order valence-electron chi connectivity index (χ0n) is 14.0. The number of rotatable bonds is 2. The van der Waals surface area contributed by atoms with E-state index >= 15 is 0 Å². The molecule has 27 heavy (non-hydrogen) atoms. The molecule has 138 valence electrons. The molecule has 4 rings (SSSR count). The monoisotopic (exact) mass is 390 g/mol. The van der Waals surface area contributed by atoms with Crippen LogP contribution in [0.25, 0.3) is 5.82 Å². The average molecular weight is 390 g/mol. The SMILES string of the molecule is Cc1nn(-c2ccccn2)c2c1C(c1ccc(F)c(F)c1F)SCC(=O)N2. The Labute approximate surface area is 156 Å². The van der Waals surface area contributed by atoms with E-state index in [2.05, 4.69) is 15.4 Å². The number of aryl methyl sites for hydroxylation is 1. The molecule has 0 spiro atoms. The maximum atomic E-state index is 14.5. The van der Waals surface area contributed by atoms with Crippen LogP contribution in [0.3, 0.4) is 0 Å². The van der Waals surface area contributed by atoms with Gasteiger partial charge in [0.25, 0.3) is 0 Å². The van der Waals surface area contributed by atoms with E-state index in [4.69, 9.17) is 0 Å². The number of halogens is 3. The lowest BCUT2D eigenvalue weighted by Crippen LogP contribution is -2.16. The summed E-state index contributed by atoms with van der Waals surface area (Å²) in [4.78, 5) is 16.4. The van der Waals surface area contributed by atoms with Crippen molar-refractivity contribution in [2.75, 3.05) is 11.1 Å².